The molecule has 18 heavy (non-hydrogen) atoms. The van der Waals surface area contributed by atoms with E-state index in [0.29, 0.717) is 31.1 Å². The third-order valence-corrected chi connectivity index (χ3v) is 2.48. The number of Topliss-reactive ketones (excluding diaryl/α,β-unsaturated/α-hetero) is 1. The molecule has 0 aliphatic heterocycles. The van der Waals surface area contributed by atoms with Crippen LogP contribution in [0, 0.1) is 0 Å². The zero-order valence-corrected chi connectivity index (χ0v) is 11.1. The summed E-state index contributed by atoms with van der Waals surface area (Å²) >= 11 is 0. The molecule has 0 aromatic carbocycles. The Bertz CT molecular complexity index is 349. The van der Waals surface area contributed by atoms with E-state index < -0.39 is 0 Å². The van der Waals surface area contributed by atoms with Gasteiger partial charge in [-0.1, -0.05) is 20.3 Å². The second kappa shape index (κ2) is 8.64. The average molecular weight is 251 g/mol. The minimum atomic E-state index is 0.0458. The predicted molar refractivity (Wildman–Crippen MR) is 70.1 cm³/mol. The molecule has 0 amide bonds. The second-order valence-electron chi connectivity index (χ2n) is 3.97. The molecule has 0 unspecified atom stereocenters. The van der Waals surface area contributed by atoms with Gasteiger partial charge in [-0.3, -0.25) is 4.79 Å². The van der Waals surface area contributed by atoms with Crippen LogP contribution in [-0.4, -0.2) is 30.6 Å². The molecule has 4 nitrogen and oxygen atoms in total. The maximum absolute atomic E-state index is 11.4. The normalized spacial score (nSPS) is 10.3. The van der Waals surface area contributed by atoms with Crippen LogP contribution in [0.1, 0.15) is 43.6 Å². The average Bonchev–Trinajstić information content (AvgIpc) is 2.42. The molecule has 0 N–H and O–H groups in total. The topological polar surface area (TPSA) is 48.4 Å². The van der Waals surface area contributed by atoms with Gasteiger partial charge in [0.05, 0.1) is 12.8 Å². The van der Waals surface area contributed by atoms with Crippen molar-refractivity contribution < 1.29 is 14.3 Å². The predicted octanol–water partition coefficient (Wildman–Crippen LogP) is 2.87. The highest BCUT2D eigenvalue weighted by Gasteiger charge is 2.04. The Hall–Kier alpha value is -1.42. The van der Waals surface area contributed by atoms with Crippen LogP contribution in [-0.2, 0) is 4.74 Å². The van der Waals surface area contributed by atoms with Gasteiger partial charge < -0.3 is 9.47 Å². The summed E-state index contributed by atoms with van der Waals surface area (Å²) in [6, 6.07) is 3.46. The minimum absolute atomic E-state index is 0.0458. The van der Waals surface area contributed by atoms with Gasteiger partial charge in [0, 0.05) is 13.0 Å². The van der Waals surface area contributed by atoms with E-state index in [-0.39, 0.29) is 5.78 Å². The Balaban J connectivity index is 2.25. The number of pyridine rings is 1. The molecular formula is C14H21NO3. The zero-order valence-electron chi connectivity index (χ0n) is 11.1. The van der Waals surface area contributed by atoms with Gasteiger partial charge in [0.15, 0.2) is 5.78 Å². The third kappa shape index (κ3) is 5.27. The van der Waals surface area contributed by atoms with E-state index in [2.05, 4.69) is 11.9 Å². The number of unbranched alkanes of at least 4 members (excludes halogenated alkanes) is 1. The summed E-state index contributed by atoms with van der Waals surface area (Å²) in [4.78, 5) is 15.4. The Morgan fingerprint density at radius 3 is 2.67 bits per heavy atom. The second-order valence-corrected chi connectivity index (χ2v) is 3.97. The Morgan fingerprint density at radius 2 is 2.06 bits per heavy atom. The first kappa shape index (κ1) is 14.6. The monoisotopic (exact) mass is 251 g/mol. The number of aromatic nitrogens is 1. The van der Waals surface area contributed by atoms with Gasteiger partial charge >= 0.3 is 0 Å². The lowest BCUT2D eigenvalue weighted by molar-refractivity contribution is 0.0971. The van der Waals surface area contributed by atoms with Crippen LogP contribution in [0.2, 0.25) is 0 Å². The highest BCUT2D eigenvalue weighted by Crippen LogP contribution is 2.10. The Morgan fingerprint density at radius 1 is 1.22 bits per heavy atom. The molecular weight excluding hydrogens is 230 g/mol. The molecule has 4 heteroatoms. The van der Waals surface area contributed by atoms with Gasteiger partial charge in [-0.25, -0.2) is 4.98 Å². The van der Waals surface area contributed by atoms with E-state index in [1.165, 1.54) is 0 Å². The van der Waals surface area contributed by atoms with Gasteiger partial charge in [0.25, 0.3) is 0 Å². The summed E-state index contributed by atoms with van der Waals surface area (Å²) in [5.41, 5.74) is 0.490. The lowest BCUT2D eigenvalue weighted by Gasteiger charge is -2.06. The number of carbonyl (C=O) groups is 1. The largest absolute Gasteiger partial charge is 0.490 e. The number of nitrogens with zero attached hydrogens (tertiary/aromatic N) is 1. The van der Waals surface area contributed by atoms with Crippen LogP contribution in [0.25, 0.3) is 0 Å². The molecule has 0 aliphatic carbocycles. The fraction of sp³-hybridized carbons (Fsp3) is 0.571. The number of ether oxygens (including phenoxy) is 2. The van der Waals surface area contributed by atoms with Gasteiger partial charge in [0.2, 0.25) is 0 Å². The number of carbonyl (C=O) groups excluding carboxylic acids is 1. The molecule has 1 rings (SSSR count). The van der Waals surface area contributed by atoms with Crippen molar-refractivity contribution in [1.29, 1.82) is 0 Å². The summed E-state index contributed by atoms with van der Waals surface area (Å²) in [6.07, 6.45) is 4.26. The highest BCUT2D eigenvalue weighted by molar-refractivity contribution is 5.93. The molecule has 0 fully saturated rings. The lowest BCUT2D eigenvalue weighted by atomic mass is 10.2. The maximum atomic E-state index is 11.4. The molecule has 0 spiro atoms. The van der Waals surface area contributed by atoms with Gasteiger partial charge in [0.1, 0.15) is 18.1 Å². The molecule has 0 radical (unpaired) electrons. The van der Waals surface area contributed by atoms with Crippen molar-refractivity contribution in [2.75, 3.05) is 19.8 Å². The molecule has 1 heterocycles. The number of ketones is 1. The smallest absolute Gasteiger partial charge is 0.180 e. The molecule has 0 saturated heterocycles. The van der Waals surface area contributed by atoms with Crippen molar-refractivity contribution in [2.45, 2.75) is 33.1 Å². The van der Waals surface area contributed by atoms with Crippen LogP contribution < -0.4 is 4.74 Å². The van der Waals surface area contributed by atoms with Gasteiger partial charge in [-0.05, 0) is 18.6 Å². The molecule has 0 aliphatic rings. The number of rotatable bonds is 9. The van der Waals surface area contributed by atoms with Crippen LogP contribution in [0.5, 0.6) is 5.75 Å². The molecule has 1 aromatic heterocycles. The fourth-order valence-electron chi connectivity index (χ4n) is 1.38. The molecule has 100 valence electrons. The van der Waals surface area contributed by atoms with E-state index in [9.17, 15) is 4.79 Å². The first-order valence-corrected chi connectivity index (χ1v) is 6.47. The number of hydrogen-bond donors (Lipinski definition) is 0. The maximum Gasteiger partial charge on any atom is 0.180 e. The van der Waals surface area contributed by atoms with Gasteiger partial charge in [-0.15, -0.1) is 0 Å². The van der Waals surface area contributed by atoms with Crippen LogP contribution in [0.3, 0.4) is 0 Å². The summed E-state index contributed by atoms with van der Waals surface area (Å²) < 4.78 is 10.8. The molecule has 0 saturated carbocycles. The highest BCUT2D eigenvalue weighted by atomic mass is 16.5. The molecule has 1 aromatic rings. The molecule has 0 atom stereocenters. The van der Waals surface area contributed by atoms with E-state index in [4.69, 9.17) is 9.47 Å². The van der Waals surface area contributed by atoms with Crippen LogP contribution in [0.4, 0.5) is 0 Å². The van der Waals surface area contributed by atoms with E-state index in [1.54, 1.807) is 18.3 Å². The van der Waals surface area contributed by atoms with Crippen molar-refractivity contribution in [3.05, 3.63) is 24.0 Å². The summed E-state index contributed by atoms with van der Waals surface area (Å²) in [6.45, 7) is 5.82. The van der Waals surface area contributed by atoms with Crippen LogP contribution >= 0.6 is 0 Å². The van der Waals surface area contributed by atoms with Crippen molar-refractivity contribution in [1.82, 2.24) is 4.98 Å². The summed E-state index contributed by atoms with van der Waals surface area (Å²) in [7, 11) is 0. The summed E-state index contributed by atoms with van der Waals surface area (Å²) in [5, 5.41) is 0. The SMILES string of the molecule is CCCCOCCOc1ccc(C(=O)CC)nc1. The standard InChI is InChI=1S/C14H21NO3/c1-3-5-8-17-9-10-18-12-6-7-13(15-11-12)14(16)4-2/h6-7,11H,3-5,8-10H2,1-2H3. The van der Waals surface area contributed by atoms with Crippen molar-refractivity contribution >= 4 is 5.78 Å². The Kier molecular flexibility index (Phi) is 7.03. The van der Waals surface area contributed by atoms with Crippen LogP contribution in [0.15, 0.2) is 18.3 Å². The Labute approximate surface area is 108 Å². The van der Waals surface area contributed by atoms with E-state index >= 15 is 0 Å². The van der Waals surface area contributed by atoms with E-state index in [1.807, 2.05) is 6.92 Å². The lowest BCUT2D eigenvalue weighted by Crippen LogP contribution is -2.08. The summed E-state index contributed by atoms with van der Waals surface area (Å²) in [5.74, 6) is 0.714. The van der Waals surface area contributed by atoms with Crippen molar-refractivity contribution in [3.63, 3.8) is 0 Å². The first-order chi connectivity index (χ1) is 8.77. The van der Waals surface area contributed by atoms with Crippen molar-refractivity contribution in [2.24, 2.45) is 0 Å². The zero-order chi connectivity index (χ0) is 13.2. The quantitative estimate of drug-likeness (QED) is 0.500. The molecule has 0 bridgehead atoms. The first-order valence-electron chi connectivity index (χ1n) is 6.47. The number of hydrogen-bond acceptors (Lipinski definition) is 4. The minimum Gasteiger partial charge on any atom is -0.490 e. The van der Waals surface area contributed by atoms with E-state index in [0.717, 1.165) is 19.4 Å². The fourth-order valence-corrected chi connectivity index (χ4v) is 1.38. The third-order valence-electron chi connectivity index (χ3n) is 2.48. The van der Waals surface area contributed by atoms with Gasteiger partial charge in [-0.2, -0.15) is 0 Å². The van der Waals surface area contributed by atoms with Crippen molar-refractivity contribution in [3.8, 4) is 5.75 Å².